The molecule has 0 amide bonds. The van der Waals surface area contributed by atoms with Crippen molar-refractivity contribution >= 4 is 5.97 Å². The number of hydrogen-bond donors (Lipinski definition) is 1. The first-order valence-corrected chi connectivity index (χ1v) is 5.12. The summed E-state index contributed by atoms with van der Waals surface area (Å²) in [6, 6.07) is 0. The zero-order valence-corrected chi connectivity index (χ0v) is 10.0. The summed E-state index contributed by atoms with van der Waals surface area (Å²) in [5, 5.41) is 0. The summed E-state index contributed by atoms with van der Waals surface area (Å²) in [5.74, 6) is -0.140. The Morgan fingerprint density at radius 2 is 1.71 bits per heavy atom. The molecule has 0 unspecified atom stereocenters. The Kier molecular flexibility index (Phi) is 4.59. The molecule has 0 fully saturated rings. The quantitative estimate of drug-likeness (QED) is 0.709. The Hall–Kier alpha value is -0.570. The zero-order valence-electron chi connectivity index (χ0n) is 10.0. The van der Waals surface area contributed by atoms with E-state index in [0.29, 0.717) is 6.54 Å². The van der Waals surface area contributed by atoms with Gasteiger partial charge in [-0.2, -0.15) is 0 Å². The molecule has 0 rings (SSSR count). The van der Waals surface area contributed by atoms with Crippen molar-refractivity contribution in [2.24, 2.45) is 11.1 Å². The molecule has 0 heterocycles. The lowest BCUT2D eigenvalue weighted by Crippen LogP contribution is -2.34. The zero-order chi connectivity index (χ0) is 11.4. The SMILES string of the molecule is CC(C)(C)OC(=O)C(C)(C)CCCN. The molecule has 0 aliphatic rings. The maximum absolute atomic E-state index is 11.7. The number of ether oxygens (including phenoxy) is 1. The highest BCUT2D eigenvalue weighted by atomic mass is 16.6. The summed E-state index contributed by atoms with van der Waals surface area (Å²) in [4.78, 5) is 11.7. The third-order valence-electron chi connectivity index (χ3n) is 1.96. The van der Waals surface area contributed by atoms with Crippen LogP contribution < -0.4 is 5.73 Å². The van der Waals surface area contributed by atoms with Crippen molar-refractivity contribution in [3.63, 3.8) is 0 Å². The summed E-state index contributed by atoms with van der Waals surface area (Å²) in [7, 11) is 0. The van der Waals surface area contributed by atoms with Crippen LogP contribution in [0.2, 0.25) is 0 Å². The highest BCUT2D eigenvalue weighted by molar-refractivity contribution is 5.76. The number of esters is 1. The van der Waals surface area contributed by atoms with Crippen LogP contribution in [-0.4, -0.2) is 18.1 Å². The summed E-state index contributed by atoms with van der Waals surface area (Å²) in [5.41, 5.74) is 4.58. The van der Waals surface area contributed by atoms with Crippen LogP contribution in [0.25, 0.3) is 0 Å². The fraction of sp³-hybridized carbons (Fsp3) is 0.909. The van der Waals surface area contributed by atoms with Gasteiger partial charge in [0.2, 0.25) is 0 Å². The lowest BCUT2D eigenvalue weighted by atomic mass is 9.88. The van der Waals surface area contributed by atoms with E-state index in [-0.39, 0.29) is 5.97 Å². The standard InChI is InChI=1S/C11H23NO2/c1-10(2,3)14-9(13)11(4,5)7-6-8-12/h6-8,12H2,1-5H3. The molecule has 3 nitrogen and oxygen atoms in total. The molecule has 0 radical (unpaired) electrons. The molecule has 0 aliphatic heterocycles. The van der Waals surface area contributed by atoms with E-state index in [0.717, 1.165) is 12.8 Å². The normalized spacial score (nSPS) is 12.7. The highest BCUT2D eigenvalue weighted by Crippen LogP contribution is 2.26. The Morgan fingerprint density at radius 3 is 2.07 bits per heavy atom. The van der Waals surface area contributed by atoms with E-state index in [1.807, 2.05) is 34.6 Å². The molecule has 0 aliphatic carbocycles. The molecule has 14 heavy (non-hydrogen) atoms. The number of rotatable bonds is 4. The highest BCUT2D eigenvalue weighted by Gasteiger charge is 2.31. The van der Waals surface area contributed by atoms with Gasteiger partial charge in [-0.1, -0.05) is 0 Å². The largest absolute Gasteiger partial charge is 0.460 e. The van der Waals surface area contributed by atoms with Crippen LogP contribution in [0, 0.1) is 5.41 Å². The number of hydrogen-bond acceptors (Lipinski definition) is 3. The predicted molar refractivity (Wildman–Crippen MR) is 57.9 cm³/mol. The average molecular weight is 201 g/mol. The Bertz CT molecular complexity index is 192. The van der Waals surface area contributed by atoms with Gasteiger partial charge in [0.1, 0.15) is 5.60 Å². The van der Waals surface area contributed by atoms with Crippen LogP contribution in [-0.2, 0) is 9.53 Å². The van der Waals surface area contributed by atoms with E-state index in [1.54, 1.807) is 0 Å². The molecule has 0 bridgehead atoms. The van der Waals surface area contributed by atoms with Crippen LogP contribution in [0.5, 0.6) is 0 Å². The number of carbonyl (C=O) groups is 1. The van der Waals surface area contributed by atoms with Gasteiger partial charge in [-0.3, -0.25) is 4.79 Å². The first-order valence-electron chi connectivity index (χ1n) is 5.12. The van der Waals surface area contributed by atoms with Gasteiger partial charge < -0.3 is 10.5 Å². The fourth-order valence-corrected chi connectivity index (χ4v) is 1.06. The van der Waals surface area contributed by atoms with Gasteiger partial charge in [0.15, 0.2) is 0 Å². The Balaban J connectivity index is 4.21. The first-order chi connectivity index (χ1) is 6.19. The van der Waals surface area contributed by atoms with Crippen LogP contribution >= 0.6 is 0 Å². The fourth-order valence-electron chi connectivity index (χ4n) is 1.06. The number of carbonyl (C=O) groups excluding carboxylic acids is 1. The molecule has 0 aromatic rings. The minimum absolute atomic E-state index is 0.140. The second kappa shape index (κ2) is 4.78. The molecule has 0 atom stereocenters. The van der Waals surface area contributed by atoms with E-state index in [2.05, 4.69) is 0 Å². The Labute approximate surface area is 87.0 Å². The van der Waals surface area contributed by atoms with Crippen molar-refractivity contribution in [2.75, 3.05) is 6.54 Å². The molecule has 84 valence electrons. The van der Waals surface area contributed by atoms with Crippen molar-refractivity contribution in [1.82, 2.24) is 0 Å². The molecule has 0 saturated heterocycles. The number of nitrogens with two attached hydrogens (primary N) is 1. The van der Waals surface area contributed by atoms with E-state index in [9.17, 15) is 4.79 Å². The van der Waals surface area contributed by atoms with Crippen molar-refractivity contribution in [1.29, 1.82) is 0 Å². The third kappa shape index (κ3) is 5.22. The van der Waals surface area contributed by atoms with Crippen LogP contribution in [0.1, 0.15) is 47.5 Å². The van der Waals surface area contributed by atoms with Crippen LogP contribution in [0.3, 0.4) is 0 Å². The van der Waals surface area contributed by atoms with Gasteiger partial charge in [0.25, 0.3) is 0 Å². The predicted octanol–water partition coefficient (Wildman–Crippen LogP) is 2.09. The molecule has 0 aromatic heterocycles. The summed E-state index contributed by atoms with van der Waals surface area (Å²) in [6.45, 7) is 10.1. The molecule has 3 heteroatoms. The minimum atomic E-state index is -0.424. The second-order valence-electron chi connectivity index (χ2n) is 5.28. The minimum Gasteiger partial charge on any atom is -0.460 e. The lowest BCUT2D eigenvalue weighted by molar-refractivity contribution is -0.166. The molecule has 0 saturated carbocycles. The average Bonchev–Trinajstić information content (AvgIpc) is 1.97. The molecule has 0 aromatic carbocycles. The van der Waals surface area contributed by atoms with E-state index < -0.39 is 11.0 Å². The van der Waals surface area contributed by atoms with Gasteiger partial charge in [0.05, 0.1) is 5.41 Å². The van der Waals surface area contributed by atoms with E-state index >= 15 is 0 Å². The van der Waals surface area contributed by atoms with Crippen molar-refractivity contribution in [3.05, 3.63) is 0 Å². The monoisotopic (exact) mass is 201 g/mol. The van der Waals surface area contributed by atoms with Gasteiger partial charge in [0, 0.05) is 0 Å². The second-order valence-corrected chi connectivity index (χ2v) is 5.28. The molecule has 0 spiro atoms. The summed E-state index contributed by atoms with van der Waals surface area (Å²) in [6.07, 6.45) is 1.63. The maximum atomic E-state index is 11.7. The molecular weight excluding hydrogens is 178 g/mol. The summed E-state index contributed by atoms with van der Waals surface area (Å²) >= 11 is 0. The van der Waals surface area contributed by atoms with Crippen LogP contribution in [0.15, 0.2) is 0 Å². The third-order valence-corrected chi connectivity index (χ3v) is 1.96. The first kappa shape index (κ1) is 13.4. The lowest BCUT2D eigenvalue weighted by Gasteiger charge is -2.28. The topological polar surface area (TPSA) is 52.3 Å². The van der Waals surface area contributed by atoms with E-state index in [4.69, 9.17) is 10.5 Å². The van der Waals surface area contributed by atoms with Crippen LogP contribution in [0.4, 0.5) is 0 Å². The van der Waals surface area contributed by atoms with E-state index in [1.165, 1.54) is 0 Å². The van der Waals surface area contributed by atoms with Crippen molar-refractivity contribution in [3.8, 4) is 0 Å². The van der Waals surface area contributed by atoms with Gasteiger partial charge >= 0.3 is 5.97 Å². The molecular formula is C11H23NO2. The van der Waals surface area contributed by atoms with Crippen molar-refractivity contribution in [2.45, 2.75) is 53.1 Å². The van der Waals surface area contributed by atoms with Crippen molar-refractivity contribution < 1.29 is 9.53 Å². The molecule has 2 N–H and O–H groups in total. The van der Waals surface area contributed by atoms with Gasteiger partial charge in [-0.15, -0.1) is 0 Å². The Morgan fingerprint density at radius 1 is 1.21 bits per heavy atom. The van der Waals surface area contributed by atoms with Gasteiger partial charge in [-0.05, 0) is 54.0 Å². The smallest absolute Gasteiger partial charge is 0.312 e. The maximum Gasteiger partial charge on any atom is 0.312 e. The summed E-state index contributed by atoms with van der Waals surface area (Å²) < 4.78 is 5.32. The van der Waals surface area contributed by atoms with Gasteiger partial charge in [-0.25, -0.2) is 0 Å².